The molecule has 6 heteroatoms. The SMILES string of the molecule is CCn1ccnc1C1CCN(C(=O)Cc2csc(C)n2)CC1. The van der Waals surface area contributed by atoms with E-state index < -0.39 is 0 Å². The van der Waals surface area contributed by atoms with Gasteiger partial charge < -0.3 is 9.47 Å². The molecule has 1 saturated heterocycles. The van der Waals surface area contributed by atoms with Crippen LogP contribution in [-0.4, -0.2) is 38.4 Å². The van der Waals surface area contributed by atoms with Crippen molar-refractivity contribution < 1.29 is 4.79 Å². The molecule has 118 valence electrons. The molecule has 1 aliphatic heterocycles. The lowest BCUT2D eigenvalue weighted by Crippen LogP contribution is -2.39. The van der Waals surface area contributed by atoms with Crippen molar-refractivity contribution in [2.75, 3.05) is 13.1 Å². The molecule has 2 aromatic heterocycles. The number of thiazole rings is 1. The fourth-order valence-electron chi connectivity index (χ4n) is 3.09. The normalized spacial score (nSPS) is 16.2. The number of aromatic nitrogens is 3. The third-order valence-electron chi connectivity index (χ3n) is 4.30. The average molecular weight is 318 g/mol. The molecular weight excluding hydrogens is 296 g/mol. The molecule has 1 amide bonds. The molecule has 0 aromatic carbocycles. The third-order valence-corrected chi connectivity index (χ3v) is 5.12. The van der Waals surface area contributed by atoms with Crippen LogP contribution in [0.4, 0.5) is 0 Å². The average Bonchev–Trinajstić information content (AvgIpc) is 3.16. The Morgan fingerprint density at radius 3 is 2.82 bits per heavy atom. The molecule has 3 rings (SSSR count). The van der Waals surface area contributed by atoms with Gasteiger partial charge in [-0.25, -0.2) is 9.97 Å². The van der Waals surface area contributed by atoms with Gasteiger partial charge in [0.1, 0.15) is 5.82 Å². The predicted molar refractivity (Wildman–Crippen MR) is 87.0 cm³/mol. The highest BCUT2D eigenvalue weighted by Crippen LogP contribution is 2.27. The fraction of sp³-hybridized carbons (Fsp3) is 0.562. The van der Waals surface area contributed by atoms with Crippen LogP contribution >= 0.6 is 11.3 Å². The zero-order chi connectivity index (χ0) is 15.5. The van der Waals surface area contributed by atoms with E-state index in [9.17, 15) is 4.79 Å². The van der Waals surface area contributed by atoms with E-state index in [-0.39, 0.29) is 5.91 Å². The lowest BCUT2D eigenvalue weighted by Gasteiger charge is -2.31. The van der Waals surface area contributed by atoms with E-state index in [4.69, 9.17) is 0 Å². The Bertz CT molecular complexity index is 640. The summed E-state index contributed by atoms with van der Waals surface area (Å²) in [6.45, 7) is 6.71. The van der Waals surface area contributed by atoms with Gasteiger partial charge in [-0.1, -0.05) is 0 Å². The van der Waals surface area contributed by atoms with Crippen molar-refractivity contribution in [1.82, 2.24) is 19.4 Å². The first-order valence-electron chi connectivity index (χ1n) is 7.87. The van der Waals surface area contributed by atoms with Gasteiger partial charge in [-0.2, -0.15) is 0 Å². The number of hydrogen-bond donors (Lipinski definition) is 0. The van der Waals surface area contributed by atoms with Crippen molar-refractivity contribution in [3.63, 3.8) is 0 Å². The van der Waals surface area contributed by atoms with Gasteiger partial charge in [-0.05, 0) is 26.7 Å². The van der Waals surface area contributed by atoms with Crippen LogP contribution in [0.3, 0.4) is 0 Å². The standard InChI is InChI=1S/C16H22N4OS/c1-3-19-9-6-17-16(19)13-4-7-20(8-5-13)15(21)10-14-11-22-12(2)18-14/h6,9,11,13H,3-5,7-8,10H2,1-2H3. The monoisotopic (exact) mass is 318 g/mol. The van der Waals surface area contributed by atoms with Crippen molar-refractivity contribution in [2.45, 2.75) is 45.6 Å². The second-order valence-corrected chi connectivity index (χ2v) is 6.82. The molecule has 0 bridgehead atoms. The molecule has 0 unspecified atom stereocenters. The Kier molecular flexibility index (Phi) is 4.57. The summed E-state index contributed by atoms with van der Waals surface area (Å²) < 4.78 is 2.21. The topological polar surface area (TPSA) is 51.0 Å². The van der Waals surface area contributed by atoms with E-state index in [1.165, 1.54) is 5.82 Å². The molecule has 0 radical (unpaired) electrons. The molecule has 0 N–H and O–H groups in total. The van der Waals surface area contributed by atoms with Gasteiger partial charge in [0.25, 0.3) is 0 Å². The Hall–Kier alpha value is -1.69. The maximum Gasteiger partial charge on any atom is 0.228 e. The van der Waals surface area contributed by atoms with E-state index in [0.29, 0.717) is 12.3 Å². The summed E-state index contributed by atoms with van der Waals surface area (Å²) in [4.78, 5) is 23.2. The summed E-state index contributed by atoms with van der Waals surface area (Å²) in [7, 11) is 0. The van der Waals surface area contributed by atoms with Crippen LogP contribution in [-0.2, 0) is 17.8 Å². The van der Waals surface area contributed by atoms with Crippen LogP contribution in [0.1, 0.15) is 42.2 Å². The van der Waals surface area contributed by atoms with Gasteiger partial charge in [0.15, 0.2) is 0 Å². The number of hydrogen-bond acceptors (Lipinski definition) is 4. The fourth-order valence-corrected chi connectivity index (χ4v) is 3.70. The van der Waals surface area contributed by atoms with E-state index >= 15 is 0 Å². The van der Waals surface area contributed by atoms with Crippen LogP contribution in [0.15, 0.2) is 17.8 Å². The molecule has 0 aliphatic carbocycles. The minimum absolute atomic E-state index is 0.197. The van der Waals surface area contributed by atoms with Crippen LogP contribution in [0, 0.1) is 6.92 Å². The van der Waals surface area contributed by atoms with Crippen LogP contribution in [0.2, 0.25) is 0 Å². The number of aryl methyl sites for hydroxylation is 2. The minimum atomic E-state index is 0.197. The number of amides is 1. The first-order valence-corrected chi connectivity index (χ1v) is 8.75. The number of piperidine rings is 1. The van der Waals surface area contributed by atoms with Gasteiger partial charge in [0.05, 0.1) is 17.1 Å². The Morgan fingerprint density at radius 1 is 1.41 bits per heavy atom. The summed E-state index contributed by atoms with van der Waals surface area (Å²) in [5.74, 6) is 1.84. The summed E-state index contributed by atoms with van der Waals surface area (Å²) in [6.07, 6.45) is 6.34. The molecular formula is C16H22N4OS. The second kappa shape index (κ2) is 6.60. The minimum Gasteiger partial charge on any atom is -0.342 e. The number of likely N-dealkylation sites (tertiary alicyclic amines) is 1. The van der Waals surface area contributed by atoms with Gasteiger partial charge in [0.2, 0.25) is 5.91 Å². The largest absolute Gasteiger partial charge is 0.342 e. The maximum absolute atomic E-state index is 12.4. The Labute approximate surface area is 135 Å². The summed E-state index contributed by atoms with van der Waals surface area (Å²) >= 11 is 1.60. The quantitative estimate of drug-likeness (QED) is 0.871. The molecule has 0 saturated carbocycles. The molecule has 3 heterocycles. The van der Waals surface area contributed by atoms with Gasteiger partial charge in [0, 0.05) is 43.3 Å². The molecule has 1 aliphatic rings. The molecule has 22 heavy (non-hydrogen) atoms. The van der Waals surface area contributed by atoms with Gasteiger partial charge in [-0.3, -0.25) is 4.79 Å². The van der Waals surface area contributed by atoms with Crippen molar-refractivity contribution in [3.05, 3.63) is 34.3 Å². The summed E-state index contributed by atoms with van der Waals surface area (Å²) in [5.41, 5.74) is 0.899. The van der Waals surface area contributed by atoms with Gasteiger partial charge in [-0.15, -0.1) is 11.3 Å². The van der Waals surface area contributed by atoms with Crippen LogP contribution in [0.25, 0.3) is 0 Å². The third kappa shape index (κ3) is 3.21. The predicted octanol–water partition coefficient (Wildman–Crippen LogP) is 2.62. The highest BCUT2D eigenvalue weighted by atomic mass is 32.1. The number of nitrogens with zero attached hydrogens (tertiary/aromatic N) is 4. The summed E-state index contributed by atoms with van der Waals surface area (Å²) in [6, 6.07) is 0. The zero-order valence-electron chi connectivity index (χ0n) is 13.2. The smallest absolute Gasteiger partial charge is 0.228 e. The molecule has 0 spiro atoms. The molecule has 0 atom stereocenters. The van der Waals surface area contributed by atoms with Gasteiger partial charge >= 0.3 is 0 Å². The second-order valence-electron chi connectivity index (χ2n) is 5.76. The lowest BCUT2D eigenvalue weighted by molar-refractivity contribution is -0.131. The van der Waals surface area contributed by atoms with E-state index in [1.807, 2.05) is 29.6 Å². The lowest BCUT2D eigenvalue weighted by atomic mass is 9.95. The van der Waals surface area contributed by atoms with Crippen molar-refractivity contribution >= 4 is 17.2 Å². The highest BCUT2D eigenvalue weighted by Gasteiger charge is 2.26. The van der Waals surface area contributed by atoms with E-state index in [0.717, 1.165) is 43.2 Å². The highest BCUT2D eigenvalue weighted by molar-refractivity contribution is 7.09. The number of carbonyl (C=O) groups excluding carboxylic acids is 1. The first kappa shape index (κ1) is 15.2. The number of carbonyl (C=O) groups is 1. The first-order chi connectivity index (χ1) is 10.7. The maximum atomic E-state index is 12.4. The molecule has 1 fully saturated rings. The molecule has 2 aromatic rings. The van der Waals surface area contributed by atoms with Crippen molar-refractivity contribution in [2.24, 2.45) is 0 Å². The van der Waals surface area contributed by atoms with E-state index in [1.54, 1.807) is 11.3 Å². The zero-order valence-corrected chi connectivity index (χ0v) is 14.0. The number of imidazole rings is 1. The van der Waals surface area contributed by atoms with E-state index in [2.05, 4.69) is 21.5 Å². The van der Waals surface area contributed by atoms with Crippen molar-refractivity contribution in [1.29, 1.82) is 0 Å². The Balaban J connectivity index is 1.56. The Morgan fingerprint density at radius 2 is 2.18 bits per heavy atom. The van der Waals surface area contributed by atoms with Crippen LogP contribution < -0.4 is 0 Å². The molecule has 5 nitrogen and oxygen atoms in total. The van der Waals surface area contributed by atoms with Crippen LogP contribution in [0.5, 0.6) is 0 Å². The number of rotatable bonds is 4. The van der Waals surface area contributed by atoms with Crippen molar-refractivity contribution in [3.8, 4) is 0 Å². The summed E-state index contributed by atoms with van der Waals surface area (Å²) in [5, 5.41) is 3.01.